The topological polar surface area (TPSA) is 79.4 Å². The maximum atomic E-state index is 12.9. The monoisotopic (exact) mass is 463 g/mol. The molecule has 0 unspecified atom stereocenters. The Labute approximate surface area is 190 Å². The summed E-state index contributed by atoms with van der Waals surface area (Å²) in [5, 5.41) is 3.77. The predicted octanol–water partition coefficient (Wildman–Crippen LogP) is 5.00. The third kappa shape index (κ3) is 3.92. The first kappa shape index (κ1) is 20.8. The molecule has 1 aliphatic rings. The van der Waals surface area contributed by atoms with Gasteiger partial charge in [-0.2, -0.15) is 4.31 Å². The number of carbonyl (C=O) groups is 1. The molecule has 1 N–H and O–H groups in total. The summed E-state index contributed by atoms with van der Waals surface area (Å²) in [6.07, 6.45) is 1.79. The summed E-state index contributed by atoms with van der Waals surface area (Å²) in [5.41, 5.74) is 2.80. The molecular weight excluding hydrogens is 442 g/mol. The molecule has 32 heavy (non-hydrogen) atoms. The molecule has 6 nitrogen and oxygen atoms in total. The number of nitrogens with zero attached hydrogens (tertiary/aromatic N) is 2. The maximum Gasteiger partial charge on any atom is 0.255 e. The van der Waals surface area contributed by atoms with Crippen LogP contribution in [0.2, 0.25) is 0 Å². The van der Waals surface area contributed by atoms with Crippen molar-refractivity contribution in [2.24, 2.45) is 0 Å². The molecule has 1 aromatic heterocycles. The van der Waals surface area contributed by atoms with Crippen LogP contribution >= 0.6 is 11.3 Å². The number of rotatable bonds is 6. The van der Waals surface area contributed by atoms with Crippen LogP contribution in [0.4, 0.5) is 5.69 Å². The Kier molecular flexibility index (Phi) is 5.28. The van der Waals surface area contributed by atoms with Crippen molar-refractivity contribution >= 4 is 43.2 Å². The maximum absolute atomic E-state index is 12.9. The third-order valence-electron chi connectivity index (χ3n) is 5.55. The van der Waals surface area contributed by atoms with Crippen LogP contribution in [0.3, 0.4) is 0 Å². The summed E-state index contributed by atoms with van der Waals surface area (Å²) in [5.74, 6) is -0.307. The van der Waals surface area contributed by atoms with Crippen LogP contribution in [0.1, 0.15) is 23.2 Å². The molecule has 1 saturated carbocycles. The highest BCUT2D eigenvalue weighted by atomic mass is 32.2. The Morgan fingerprint density at radius 1 is 1.00 bits per heavy atom. The Hall–Kier alpha value is -3.07. The lowest BCUT2D eigenvalue weighted by Crippen LogP contribution is -2.29. The van der Waals surface area contributed by atoms with Crippen molar-refractivity contribution in [3.63, 3.8) is 0 Å². The minimum Gasteiger partial charge on any atom is -0.321 e. The fourth-order valence-corrected chi connectivity index (χ4v) is 5.96. The van der Waals surface area contributed by atoms with Gasteiger partial charge in [0.25, 0.3) is 5.91 Å². The number of hydrogen-bond acceptors (Lipinski definition) is 5. The number of fused-ring (bicyclic) bond motifs is 1. The van der Waals surface area contributed by atoms with E-state index in [1.165, 1.54) is 16.4 Å². The lowest BCUT2D eigenvalue weighted by Gasteiger charge is -2.16. The first-order valence-electron chi connectivity index (χ1n) is 10.3. The first-order valence-corrected chi connectivity index (χ1v) is 12.5. The second kappa shape index (κ2) is 8.12. The van der Waals surface area contributed by atoms with Gasteiger partial charge in [-0.3, -0.25) is 4.79 Å². The van der Waals surface area contributed by atoms with Crippen molar-refractivity contribution < 1.29 is 13.2 Å². The first-order chi connectivity index (χ1) is 15.4. The van der Waals surface area contributed by atoms with E-state index in [9.17, 15) is 13.2 Å². The van der Waals surface area contributed by atoms with Crippen LogP contribution in [0.5, 0.6) is 0 Å². The van der Waals surface area contributed by atoms with Crippen LogP contribution in [0.15, 0.2) is 77.7 Å². The Morgan fingerprint density at radius 2 is 1.69 bits per heavy atom. The standard InChI is InChI=1S/C24H21N3O3S2/c1-27(17-12-13-17)32(29,30)18-14-10-16(11-15-18)23(28)25-20-7-3-2-6-19(20)24-26-21-8-4-5-9-22(21)31-24/h2-11,14-15,17H,12-13H2,1H3,(H,25,28). The molecule has 4 aromatic rings. The van der Waals surface area contributed by atoms with Crippen LogP contribution < -0.4 is 5.32 Å². The number of hydrogen-bond donors (Lipinski definition) is 1. The van der Waals surface area contributed by atoms with Crippen molar-refractivity contribution in [2.45, 2.75) is 23.8 Å². The van der Waals surface area contributed by atoms with E-state index >= 15 is 0 Å². The summed E-state index contributed by atoms with van der Waals surface area (Å²) in [6.45, 7) is 0. The normalized spacial score (nSPS) is 14.1. The highest BCUT2D eigenvalue weighted by molar-refractivity contribution is 7.89. The zero-order valence-corrected chi connectivity index (χ0v) is 19.0. The van der Waals surface area contributed by atoms with Crippen molar-refractivity contribution in [2.75, 3.05) is 12.4 Å². The number of aromatic nitrogens is 1. The van der Waals surface area contributed by atoms with Gasteiger partial charge in [-0.1, -0.05) is 24.3 Å². The Bertz CT molecular complexity index is 1370. The van der Waals surface area contributed by atoms with Gasteiger partial charge >= 0.3 is 0 Å². The number of carbonyl (C=O) groups excluding carboxylic acids is 1. The quantitative estimate of drug-likeness (QED) is 0.436. The summed E-state index contributed by atoms with van der Waals surface area (Å²) < 4.78 is 27.9. The number of nitrogens with one attached hydrogen (secondary N) is 1. The minimum absolute atomic E-state index is 0.0852. The lowest BCUT2D eigenvalue weighted by atomic mass is 10.1. The highest BCUT2D eigenvalue weighted by Gasteiger charge is 2.35. The number of thiazole rings is 1. The number of amides is 1. The zero-order valence-electron chi connectivity index (χ0n) is 17.4. The second-order valence-corrected chi connectivity index (χ2v) is 10.8. The fourth-order valence-electron chi connectivity index (χ4n) is 3.54. The van der Waals surface area contributed by atoms with E-state index in [-0.39, 0.29) is 16.8 Å². The van der Waals surface area contributed by atoms with E-state index in [1.54, 1.807) is 30.5 Å². The average Bonchev–Trinajstić information content (AvgIpc) is 3.57. The molecule has 0 atom stereocenters. The molecule has 162 valence electrons. The molecule has 8 heteroatoms. The van der Waals surface area contributed by atoms with E-state index in [1.807, 2.05) is 48.5 Å². The molecule has 0 bridgehead atoms. The van der Waals surface area contributed by atoms with Gasteiger partial charge in [-0.15, -0.1) is 11.3 Å². The number of benzene rings is 3. The van der Waals surface area contributed by atoms with Crippen molar-refractivity contribution in [1.29, 1.82) is 0 Å². The largest absolute Gasteiger partial charge is 0.321 e. The van der Waals surface area contributed by atoms with E-state index < -0.39 is 10.0 Å². The third-order valence-corrected chi connectivity index (χ3v) is 8.55. The van der Waals surface area contributed by atoms with Crippen molar-refractivity contribution in [3.05, 3.63) is 78.4 Å². The molecule has 3 aromatic carbocycles. The van der Waals surface area contributed by atoms with Gasteiger partial charge in [0, 0.05) is 24.2 Å². The summed E-state index contributed by atoms with van der Waals surface area (Å²) in [7, 11) is -1.93. The van der Waals surface area contributed by atoms with Gasteiger partial charge in [-0.05, 0) is 61.4 Å². The lowest BCUT2D eigenvalue weighted by molar-refractivity contribution is 0.102. The van der Waals surface area contributed by atoms with Gasteiger partial charge in [0.2, 0.25) is 10.0 Å². The van der Waals surface area contributed by atoms with Gasteiger partial charge < -0.3 is 5.32 Å². The van der Waals surface area contributed by atoms with Crippen LogP contribution in [-0.4, -0.2) is 36.7 Å². The summed E-state index contributed by atoms with van der Waals surface area (Å²) in [4.78, 5) is 17.8. The van der Waals surface area contributed by atoms with Gasteiger partial charge in [-0.25, -0.2) is 13.4 Å². The van der Waals surface area contributed by atoms with E-state index in [2.05, 4.69) is 5.32 Å². The van der Waals surface area contributed by atoms with Gasteiger partial charge in [0.05, 0.1) is 20.8 Å². The summed E-state index contributed by atoms with van der Waals surface area (Å²) >= 11 is 1.57. The van der Waals surface area contributed by atoms with Crippen molar-refractivity contribution in [3.8, 4) is 10.6 Å². The van der Waals surface area contributed by atoms with Crippen LogP contribution in [-0.2, 0) is 10.0 Å². The molecule has 1 aliphatic carbocycles. The van der Waals surface area contributed by atoms with Gasteiger partial charge in [0.15, 0.2) is 0 Å². The Balaban J connectivity index is 1.39. The van der Waals surface area contributed by atoms with Crippen molar-refractivity contribution in [1.82, 2.24) is 9.29 Å². The average molecular weight is 464 g/mol. The second-order valence-electron chi connectivity index (χ2n) is 7.76. The van der Waals surface area contributed by atoms with E-state index in [0.29, 0.717) is 11.3 Å². The molecular formula is C24H21N3O3S2. The molecule has 5 rings (SSSR count). The molecule has 0 radical (unpaired) electrons. The molecule has 0 spiro atoms. The van der Waals surface area contributed by atoms with E-state index in [4.69, 9.17) is 4.98 Å². The molecule has 1 fully saturated rings. The highest BCUT2D eigenvalue weighted by Crippen LogP contribution is 2.35. The molecule has 0 saturated heterocycles. The minimum atomic E-state index is -3.54. The number of para-hydroxylation sites is 2. The number of anilines is 1. The van der Waals surface area contributed by atoms with E-state index in [0.717, 1.165) is 33.6 Å². The molecule has 0 aliphatic heterocycles. The fraction of sp³-hybridized carbons (Fsp3) is 0.167. The Morgan fingerprint density at radius 3 is 2.41 bits per heavy atom. The molecule has 1 heterocycles. The smallest absolute Gasteiger partial charge is 0.255 e. The van der Waals surface area contributed by atoms with Gasteiger partial charge in [0.1, 0.15) is 5.01 Å². The summed E-state index contributed by atoms with van der Waals surface area (Å²) in [6, 6.07) is 21.6. The zero-order chi connectivity index (χ0) is 22.3. The predicted molar refractivity (Wildman–Crippen MR) is 127 cm³/mol. The number of sulfonamides is 1. The van der Waals surface area contributed by atoms with Crippen LogP contribution in [0, 0.1) is 0 Å². The van der Waals surface area contributed by atoms with Crippen LogP contribution in [0.25, 0.3) is 20.8 Å². The SMILES string of the molecule is CN(C1CC1)S(=O)(=O)c1ccc(C(=O)Nc2ccccc2-c2nc3ccccc3s2)cc1. The molecule has 1 amide bonds.